The summed E-state index contributed by atoms with van der Waals surface area (Å²) < 4.78 is 3.14. The molecule has 1 aliphatic rings. The molecular formula is C19H27N5O2. The number of nitrogens with zero attached hydrogens (tertiary/aromatic N) is 4. The third-order valence-electron chi connectivity index (χ3n) is 4.68. The Hall–Kier alpha value is -2.44. The largest absolute Gasteiger partial charge is 0.354 e. The smallest absolute Gasteiger partial charge is 0.346 e. The summed E-state index contributed by atoms with van der Waals surface area (Å²) in [5, 5.41) is 7.48. The molecule has 2 aromatic rings. The van der Waals surface area contributed by atoms with E-state index in [1.165, 1.54) is 4.68 Å². The fourth-order valence-electron chi connectivity index (χ4n) is 3.41. The number of fused-ring (bicyclic) bond motifs is 1. The third kappa shape index (κ3) is 4.20. The van der Waals surface area contributed by atoms with Gasteiger partial charge in [0.2, 0.25) is 5.91 Å². The molecule has 1 atom stereocenters. The summed E-state index contributed by atoms with van der Waals surface area (Å²) in [5.41, 5.74) is 0.966. The van der Waals surface area contributed by atoms with Crippen LogP contribution in [0, 0.1) is 5.92 Å². The maximum atomic E-state index is 12.8. The molecule has 1 N–H and O–H groups in total. The molecule has 0 unspecified atom stereocenters. The van der Waals surface area contributed by atoms with Crippen molar-refractivity contribution in [1.29, 1.82) is 0 Å². The first-order valence-corrected chi connectivity index (χ1v) is 9.41. The van der Waals surface area contributed by atoms with Crippen molar-refractivity contribution in [2.24, 2.45) is 5.92 Å². The zero-order valence-electron chi connectivity index (χ0n) is 15.5. The number of hydrogen-bond acceptors (Lipinski definition) is 4. The van der Waals surface area contributed by atoms with Crippen LogP contribution < -0.4 is 11.0 Å². The number of pyridine rings is 1. The van der Waals surface area contributed by atoms with Crippen LogP contribution in [0.15, 0.2) is 29.3 Å². The Morgan fingerprint density at radius 1 is 1.31 bits per heavy atom. The number of rotatable bonds is 6. The van der Waals surface area contributed by atoms with Crippen LogP contribution in [-0.2, 0) is 24.2 Å². The van der Waals surface area contributed by atoms with Crippen molar-refractivity contribution < 1.29 is 4.79 Å². The first-order chi connectivity index (χ1) is 12.6. The van der Waals surface area contributed by atoms with Crippen LogP contribution in [0.2, 0.25) is 0 Å². The summed E-state index contributed by atoms with van der Waals surface area (Å²) in [6.45, 7) is 5.24. The summed E-state index contributed by atoms with van der Waals surface area (Å²) in [6.07, 6.45) is 7.56. The van der Waals surface area contributed by atoms with Crippen molar-refractivity contribution >= 4 is 5.91 Å². The van der Waals surface area contributed by atoms with Gasteiger partial charge in [-0.2, -0.15) is 5.10 Å². The van der Waals surface area contributed by atoms with E-state index in [1.807, 2.05) is 12.1 Å². The lowest BCUT2D eigenvalue weighted by molar-refractivity contribution is -0.124. The third-order valence-corrected chi connectivity index (χ3v) is 4.68. The van der Waals surface area contributed by atoms with Crippen molar-refractivity contribution in [3.05, 3.63) is 46.4 Å². The van der Waals surface area contributed by atoms with E-state index < -0.39 is 6.04 Å². The van der Waals surface area contributed by atoms with Crippen LogP contribution in [0.5, 0.6) is 0 Å². The van der Waals surface area contributed by atoms with E-state index in [2.05, 4.69) is 29.2 Å². The summed E-state index contributed by atoms with van der Waals surface area (Å²) in [6, 6.07) is 3.42. The molecule has 0 aliphatic carbocycles. The molecule has 7 heteroatoms. The lowest BCUT2D eigenvalue weighted by atomic mass is 10.1. The molecule has 0 bridgehead atoms. The first-order valence-electron chi connectivity index (χ1n) is 9.41. The van der Waals surface area contributed by atoms with Gasteiger partial charge in [0.05, 0.1) is 0 Å². The Morgan fingerprint density at radius 3 is 2.81 bits per heavy atom. The molecule has 1 aliphatic heterocycles. The fourth-order valence-corrected chi connectivity index (χ4v) is 3.41. The molecule has 0 saturated carbocycles. The molecule has 26 heavy (non-hydrogen) atoms. The molecule has 140 valence electrons. The molecule has 3 heterocycles. The summed E-state index contributed by atoms with van der Waals surface area (Å²) >= 11 is 0. The van der Waals surface area contributed by atoms with E-state index in [9.17, 15) is 9.59 Å². The highest BCUT2D eigenvalue weighted by Gasteiger charge is 2.28. The van der Waals surface area contributed by atoms with E-state index in [0.717, 1.165) is 37.1 Å². The van der Waals surface area contributed by atoms with Crippen LogP contribution in [-0.4, -0.2) is 31.8 Å². The second-order valence-electron chi connectivity index (χ2n) is 7.30. The molecule has 3 rings (SSSR count). The van der Waals surface area contributed by atoms with Gasteiger partial charge < -0.3 is 5.32 Å². The molecule has 0 saturated heterocycles. The molecular weight excluding hydrogens is 330 g/mol. The Balaban J connectivity index is 1.72. The molecule has 1 amide bonds. The van der Waals surface area contributed by atoms with Gasteiger partial charge in [-0.05, 0) is 42.9 Å². The molecule has 0 radical (unpaired) electrons. The summed E-state index contributed by atoms with van der Waals surface area (Å²) in [4.78, 5) is 29.6. The van der Waals surface area contributed by atoms with Crippen LogP contribution >= 0.6 is 0 Å². The van der Waals surface area contributed by atoms with Crippen LogP contribution in [0.4, 0.5) is 0 Å². The van der Waals surface area contributed by atoms with Crippen LogP contribution in [0.25, 0.3) is 0 Å². The first kappa shape index (κ1) is 18.4. The Labute approximate surface area is 153 Å². The lowest BCUT2D eigenvalue weighted by Gasteiger charge is -2.16. The number of hydrogen-bond donors (Lipinski definition) is 1. The maximum Gasteiger partial charge on any atom is 0.346 e. The Kier molecular flexibility index (Phi) is 5.85. The predicted octanol–water partition coefficient (Wildman–Crippen LogP) is 1.72. The minimum Gasteiger partial charge on any atom is -0.354 e. The normalized spacial score (nSPS) is 17.0. The Bertz CT molecular complexity index is 794. The van der Waals surface area contributed by atoms with Gasteiger partial charge in [-0.3, -0.25) is 14.3 Å². The van der Waals surface area contributed by atoms with Gasteiger partial charge in [-0.25, -0.2) is 9.48 Å². The second-order valence-corrected chi connectivity index (χ2v) is 7.30. The van der Waals surface area contributed by atoms with E-state index >= 15 is 0 Å². The second kappa shape index (κ2) is 8.29. The zero-order valence-corrected chi connectivity index (χ0v) is 15.5. The van der Waals surface area contributed by atoms with E-state index in [1.54, 1.807) is 17.0 Å². The number of nitrogens with one attached hydrogen (secondary N) is 1. The number of carbonyl (C=O) groups is 1. The molecule has 2 aromatic heterocycles. The van der Waals surface area contributed by atoms with E-state index in [-0.39, 0.29) is 11.6 Å². The fraction of sp³-hybridized carbons (Fsp3) is 0.579. The molecule has 7 nitrogen and oxygen atoms in total. The highest BCUT2D eigenvalue weighted by atomic mass is 16.2. The van der Waals surface area contributed by atoms with Gasteiger partial charge in [0.15, 0.2) is 0 Å². The maximum absolute atomic E-state index is 12.8. The zero-order chi connectivity index (χ0) is 18.5. The monoisotopic (exact) mass is 357 g/mol. The van der Waals surface area contributed by atoms with E-state index in [4.69, 9.17) is 0 Å². The Morgan fingerprint density at radius 2 is 2.08 bits per heavy atom. The molecule has 0 spiro atoms. The number of carbonyl (C=O) groups excluding carboxylic acids is 1. The van der Waals surface area contributed by atoms with Gasteiger partial charge in [-0.15, -0.1) is 0 Å². The van der Waals surface area contributed by atoms with E-state index in [0.29, 0.717) is 25.4 Å². The average Bonchev–Trinajstić information content (AvgIpc) is 2.80. The van der Waals surface area contributed by atoms with Crippen LogP contribution in [0.3, 0.4) is 0 Å². The van der Waals surface area contributed by atoms with Crippen molar-refractivity contribution in [2.75, 3.05) is 6.54 Å². The highest BCUT2D eigenvalue weighted by molar-refractivity contribution is 5.80. The van der Waals surface area contributed by atoms with Gasteiger partial charge in [-0.1, -0.05) is 20.3 Å². The quantitative estimate of drug-likeness (QED) is 0.853. The topological polar surface area (TPSA) is 81.8 Å². The van der Waals surface area contributed by atoms with Crippen molar-refractivity contribution in [2.45, 2.75) is 58.5 Å². The molecule has 0 aromatic carbocycles. The number of aryl methyl sites for hydroxylation is 1. The lowest BCUT2D eigenvalue weighted by Crippen LogP contribution is -2.39. The van der Waals surface area contributed by atoms with Crippen LogP contribution in [0.1, 0.15) is 50.5 Å². The van der Waals surface area contributed by atoms with Gasteiger partial charge in [0.25, 0.3) is 0 Å². The minimum absolute atomic E-state index is 0.0894. The predicted molar refractivity (Wildman–Crippen MR) is 98.9 cm³/mol. The summed E-state index contributed by atoms with van der Waals surface area (Å²) in [7, 11) is 0. The highest BCUT2D eigenvalue weighted by Crippen LogP contribution is 2.21. The SMILES string of the molecule is CC(C)Cn1nc2n(c1=O)[C@H](C(=O)NCCc1ccncc1)CCCC2. The summed E-state index contributed by atoms with van der Waals surface area (Å²) in [5.74, 6) is 0.982. The number of aromatic nitrogens is 4. The van der Waals surface area contributed by atoms with Gasteiger partial charge in [0.1, 0.15) is 11.9 Å². The standard InChI is InChI=1S/C19H27N5O2/c1-14(2)13-23-19(26)24-16(5-3-4-6-17(24)22-23)18(25)21-12-9-15-7-10-20-11-8-15/h7-8,10-11,14,16H,3-6,9,12-13H2,1-2H3,(H,21,25)/t16-/m0/s1. The number of amides is 1. The van der Waals surface area contributed by atoms with Gasteiger partial charge in [0, 0.05) is 31.9 Å². The van der Waals surface area contributed by atoms with Crippen molar-refractivity contribution in [3.8, 4) is 0 Å². The molecule has 0 fully saturated rings. The van der Waals surface area contributed by atoms with Crippen molar-refractivity contribution in [1.82, 2.24) is 24.6 Å². The van der Waals surface area contributed by atoms with Gasteiger partial charge >= 0.3 is 5.69 Å². The minimum atomic E-state index is -0.460. The average molecular weight is 357 g/mol. The van der Waals surface area contributed by atoms with Crippen molar-refractivity contribution in [3.63, 3.8) is 0 Å².